The Bertz CT molecular complexity index is 700. The monoisotopic (exact) mass is 320 g/mol. The Morgan fingerprint density at radius 1 is 1.37 bits per heavy atom. The van der Waals surface area contributed by atoms with Crippen molar-refractivity contribution in [1.29, 1.82) is 0 Å². The highest BCUT2D eigenvalue weighted by Gasteiger charge is 2.20. The van der Waals surface area contributed by atoms with Gasteiger partial charge in [0.2, 0.25) is 0 Å². The third kappa shape index (κ3) is 3.06. The molecule has 0 aliphatic carbocycles. The summed E-state index contributed by atoms with van der Waals surface area (Å²) in [4.78, 5) is 0.658. The lowest BCUT2D eigenvalue weighted by molar-refractivity contribution is 0.600. The highest BCUT2D eigenvalue weighted by molar-refractivity contribution is 7.93. The molecule has 0 spiro atoms. The van der Waals surface area contributed by atoms with Crippen LogP contribution in [0.15, 0.2) is 34.5 Å². The quantitative estimate of drug-likeness (QED) is 0.910. The summed E-state index contributed by atoms with van der Waals surface area (Å²) in [6.07, 6.45) is 0. The molecule has 2 rings (SSSR count). The van der Waals surface area contributed by atoms with Crippen LogP contribution < -0.4 is 10.5 Å². The first-order valence-electron chi connectivity index (χ1n) is 5.18. The molecular formula is C11H10ClFN2O2S2. The van der Waals surface area contributed by atoms with Crippen molar-refractivity contribution in [1.82, 2.24) is 0 Å². The third-order valence-corrected chi connectivity index (χ3v) is 5.19. The van der Waals surface area contributed by atoms with E-state index < -0.39 is 15.8 Å². The Balaban J connectivity index is 2.37. The highest BCUT2D eigenvalue weighted by Crippen LogP contribution is 2.28. The minimum Gasteiger partial charge on any atom is -0.326 e. The van der Waals surface area contributed by atoms with Gasteiger partial charge in [-0.1, -0.05) is 11.6 Å². The summed E-state index contributed by atoms with van der Waals surface area (Å²) in [7, 11) is -3.77. The van der Waals surface area contributed by atoms with Crippen LogP contribution >= 0.6 is 22.9 Å². The molecule has 102 valence electrons. The summed E-state index contributed by atoms with van der Waals surface area (Å²) in [5, 5.41) is 1.64. The molecule has 0 amide bonds. The van der Waals surface area contributed by atoms with Crippen LogP contribution in [0.1, 0.15) is 4.88 Å². The van der Waals surface area contributed by atoms with Crippen LogP contribution in [-0.4, -0.2) is 8.42 Å². The van der Waals surface area contributed by atoms with E-state index in [1.165, 1.54) is 23.5 Å². The van der Waals surface area contributed by atoms with Gasteiger partial charge in [-0.3, -0.25) is 4.72 Å². The van der Waals surface area contributed by atoms with Gasteiger partial charge in [0.15, 0.2) is 0 Å². The van der Waals surface area contributed by atoms with Gasteiger partial charge in [0.1, 0.15) is 10.7 Å². The maximum absolute atomic E-state index is 12.9. The van der Waals surface area contributed by atoms with Gasteiger partial charge in [-0.2, -0.15) is 0 Å². The number of anilines is 1. The molecule has 2 aromatic rings. The van der Waals surface area contributed by atoms with E-state index in [2.05, 4.69) is 4.72 Å². The van der Waals surface area contributed by atoms with Crippen molar-refractivity contribution in [2.45, 2.75) is 11.4 Å². The molecule has 0 aliphatic rings. The van der Waals surface area contributed by atoms with Gasteiger partial charge >= 0.3 is 0 Å². The lowest BCUT2D eigenvalue weighted by Gasteiger charge is -2.09. The van der Waals surface area contributed by atoms with Gasteiger partial charge < -0.3 is 5.73 Å². The number of nitrogens with one attached hydrogen (secondary N) is 1. The van der Waals surface area contributed by atoms with Crippen molar-refractivity contribution >= 4 is 38.6 Å². The Morgan fingerprint density at radius 3 is 2.74 bits per heavy atom. The summed E-state index contributed by atoms with van der Waals surface area (Å²) in [5.41, 5.74) is 5.60. The van der Waals surface area contributed by atoms with Crippen LogP contribution in [0.3, 0.4) is 0 Å². The summed E-state index contributed by atoms with van der Waals surface area (Å²) in [5.74, 6) is -0.536. The van der Waals surface area contributed by atoms with Gasteiger partial charge in [-0.15, -0.1) is 11.3 Å². The van der Waals surface area contributed by atoms with Gasteiger partial charge in [-0.25, -0.2) is 12.8 Å². The second-order valence-corrected chi connectivity index (χ2v) is 6.70. The van der Waals surface area contributed by atoms with E-state index in [0.29, 0.717) is 4.88 Å². The maximum atomic E-state index is 12.9. The normalized spacial score (nSPS) is 11.5. The van der Waals surface area contributed by atoms with Crippen molar-refractivity contribution < 1.29 is 12.8 Å². The Labute approximate surface area is 119 Å². The van der Waals surface area contributed by atoms with Gasteiger partial charge in [0.05, 0.1) is 10.7 Å². The number of rotatable bonds is 4. The van der Waals surface area contributed by atoms with E-state index in [1.54, 1.807) is 5.38 Å². The molecule has 0 bridgehead atoms. The Hall–Kier alpha value is -1.15. The predicted octanol–water partition coefficient (Wildman–Crippen LogP) is 2.80. The molecule has 1 heterocycles. The molecule has 0 saturated carbocycles. The van der Waals surface area contributed by atoms with Crippen molar-refractivity contribution in [3.63, 3.8) is 0 Å². The van der Waals surface area contributed by atoms with Crippen LogP contribution in [0, 0.1) is 5.82 Å². The van der Waals surface area contributed by atoms with Crippen LogP contribution in [-0.2, 0) is 16.6 Å². The number of sulfonamides is 1. The second-order valence-electron chi connectivity index (χ2n) is 3.64. The minimum absolute atomic E-state index is 0.00639. The molecule has 0 aliphatic heterocycles. The Morgan fingerprint density at radius 2 is 2.11 bits per heavy atom. The summed E-state index contributed by atoms with van der Waals surface area (Å²) in [6, 6.07) is 4.90. The zero-order valence-electron chi connectivity index (χ0n) is 9.56. The van der Waals surface area contributed by atoms with Gasteiger partial charge in [0.25, 0.3) is 10.0 Å². The number of thiophene rings is 1. The fourth-order valence-corrected chi connectivity index (χ4v) is 4.18. The van der Waals surface area contributed by atoms with Crippen molar-refractivity contribution in [2.75, 3.05) is 4.72 Å². The summed E-state index contributed by atoms with van der Waals surface area (Å²) < 4.78 is 39.5. The summed E-state index contributed by atoms with van der Waals surface area (Å²) in [6.45, 7) is 0.130. The SMILES string of the molecule is NCc1sccc1S(=O)(=O)Nc1ccc(F)cc1Cl. The van der Waals surface area contributed by atoms with Crippen LogP contribution in [0.25, 0.3) is 0 Å². The van der Waals surface area contributed by atoms with Gasteiger partial charge in [0, 0.05) is 11.4 Å². The lowest BCUT2D eigenvalue weighted by atomic mass is 10.3. The highest BCUT2D eigenvalue weighted by atomic mass is 35.5. The first kappa shape index (κ1) is 14.3. The predicted molar refractivity (Wildman–Crippen MR) is 74.4 cm³/mol. The molecule has 0 radical (unpaired) electrons. The number of nitrogens with two attached hydrogens (primary N) is 1. The standard InChI is InChI=1S/C11H10ClFN2O2S2/c12-8-5-7(13)1-2-9(8)15-19(16,17)11-3-4-18-10(11)6-14/h1-5,15H,6,14H2. The van der Waals surface area contributed by atoms with E-state index in [4.69, 9.17) is 17.3 Å². The van der Waals surface area contributed by atoms with E-state index in [0.717, 1.165) is 12.1 Å². The van der Waals surface area contributed by atoms with E-state index in [1.807, 2.05) is 0 Å². The maximum Gasteiger partial charge on any atom is 0.263 e. The lowest BCUT2D eigenvalue weighted by Crippen LogP contribution is -2.15. The average Bonchev–Trinajstić information content (AvgIpc) is 2.82. The number of benzene rings is 1. The molecule has 3 N–H and O–H groups in total. The molecule has 8 heteroatoms. The largest absolute Gasteiger partial charge is 0.326 e. The van der Waals surface area contributed by atoms with Crippen molar-refractivity contribution in [3.05, 3.63) is 45.4 Å². The Kier molecular flexibility index (Phi) is 4.10. The fourth-order valence-electron chi connectivity index (χ4n) is 1.49. The molecule has 0 atom stereocenters. The number of hydrogen-bond acceptors (Lipinski definition) is 4. The molecule has 1 aromatic heterocycles. The molecule has 0 saturated heterocycles. The van der Waals surface area contributed by atoms with E-state index in [9.17, 15) is 12.8 Å². The smallest absolute Gasteiger partial charge is 0.263 e. The van der Waals surface area contributed by atoms with Crippen LogP contribution in [0.4, 0.5) is 10.1 Å². The van der Waals surface area contributed by atoms with Crippen molar-refractivity contribution in [2.24, 2.45) is 5.73 Å². The topological polar surface area (TPSA) is 72.2 Å². The zero-order chi connectivity index (χ0) is 14.0. The molecule has 19 heavy (non-hydrogen) atoms. The third-order valence-electron chi connectivity index (χ3n) is 2.35. The first-order valence-corrected chi connectivity index (χ1v) is 7.92. The van der Waals surface area contributed by atoms with Gasteiger partial charge in [-0.05, 0) is 29.6 Å². The number of halogens is 2. The van der Waals surface area contributed by atoms with E-state index in [-0.39, 0.29) is 22.2 Å². The molecule has 1 aromatic carbocycles. The van der Waals surface area contributed by atoms with Crippen LogP contribution in [0.2, 0.25) is 5.02 Å². The molecule has 4 nitrogen and oxygen atoms in total. The fraction of sp³-hybridized carbons (Fsp3) is 0.0909. The number of hydrogen-bond donors (Lipinski definition) is 2. The first-order chi connectivity index (χ1) is 8.94. The van der Waals surface area contributed by atoms with E-state index >= 15 is 0 Å². The molecule has 0 unspecified atom stereocenters. The summed E-state index contributed by atoms with van der Waals surface area (Å²) >= 11 is 7.04. The average molecular weight is 321 g/mol. The molecule has 0 fully saturated rings. The van der Waals surface area contributed by atoms with Crippen LogP contribution in [0.5, 0.6) is 0 Å². The zero-order valence-corrected chi connectivity index (χ0v) is 11.9. The minimum atomic E-state index is -3.77. The second kappa shape index (κ2) is 5.46. The van der Waals surface area contributed by atoms with Crippen molar-refractivity contribution in [3.8, 4) is 0 Å². The molecular weight excluding hydrogens is 311 g/mol.